The van der Waals surface area contributed by atoms with Crippen molar-refractivity contribution in [3.8, 4) is 17.1 Å². The monoisotopic (exact) mass is 612 g/mol. The van der Waals surface area contributed by atoms with Crippen LogP contribution in [0.2, 0.25) is 15.1 Å². The van der Waals surface area contributed by atoms with Crippen molar-refractivity contribution in [2.45, 2.75) is 45.9 Å². The molecule has 2 aromatic carbocycles. The van der Waals surface area contributed by atoms with Crippen molar-refractivity contribution in [3.63, 3.8) is 0 Å². The minimum absolute atomic E-state index is 0.0695. The van der Waals surface area contributed by atoms with Gasteiger partial charge in [-0.3, -0.25) is 9.69 Å². The molecular formula is C28H27Cl3N8O2. The first-order valence-electron chi connectivity index (χ1n) is 13.2. The largest absolute Gasteiger partial charge is 0.421 e. The van der Waals surface area contributed by atoms with Gasteiger partial charge in [0.05, 0.1) is 32.6 Å². The number of piperazine rings is 1. The Balaban J connectivity index is 1.13. The van der Waals surface area contributed by atoms with E-state index in [1.54, 1.807) is 23.7 Å². The first kappa shape index (κ1) is 27.7. The van der Waals surface area contributed by atoms with Crippen molar-refractivity contribution in [1.82, 2.24) is 39.6 Å². The molecule has 6 rings (SSSR count). The fourth-order valence-electron chi connectivity index (χ4n) is 5.35. The summed E-state index contributed by atoms with van der Waals surface area (Å²) in [5, 5.41) is 18.9. The molecule has 1 saturated heterocycles. The molecule has 13 heteroatoms. The van der Waals surface area contributed by atoms with E-state index in [0.717, 1.165) is 22.2 Å². The highest BCUT2D eigenvalue weighted by Gasteiger charge is 2.32. The fourth-order valence-corrected chi connectivity index (χ4v) is 5.98. The Labute approximate surface area is 251 Å². The second-order valence-electron chi connectivity index (χ2n) is 10.4. The number of benzene rings is 2. The van der Waals surface area contributed by atoms with E-state index in [0.29, 0.717) is 52.2 Å². The van der Waals surface area contributed by atoms with Crippen molar-refractivity contribution in [2.75, 3.05) is 13.1 Å². The van der Waals surface area contributed by atoms with E-state index in [-0.39, 0.29) is 24.5 Å². The Morgan fingerprint density at radius 3 is 2.46 bits per heavy atom. The van der Waals surface area contributed by atoms with Crippen LogP contribution in [0.3, 0.4) is 0 Å². The molecule has 0 unspecified atom stereocenters. The van der Waals surface area contributed by atoms with Gasteiger partial charge in [-0.15, -0.1) is 15.3 Å². The van der Waals surface area contributed by atoms with Gasteiger partial charge in [0.1, 0.15) is 6.54 Å². The summed E-state index contributed by atoms with van der Waals surface area (Å²) in [5.41, 5.74) is 3.15. The predicted octanol–water partition coefficient (Wildman–Crippen LogP) is 5.66. The van der Waals surface area contributed by atoms with Crippen LogP contribution in [-0.2, 0) is 17.9 Å². The zero-order chi connectivity index (χ0) is 28.8. The first-order valence-corrected chi connectivity index (χ1v) is 14.3. The van der Waals surface area contributed by atoms with Crippen LogP contribution in [0.25, 0.3) is 28.0 Å². The number of carbonyl (C=O) groups excluding carboxylic acids is 1. The maximum Gasteiger partial charge on any atom is 0.247 e. The highest BCUT2D eigenvalue weighted by atomic mass is 35.5. The van der Waals surface area contributed by atoms with Gasteiger partial charge in [-0.2, -0.15) is 0 Å². The standard InChI is InChI=1S/C28H27Cl3N8O2/c1-16-11-37(27(40)15-36-7-6-19-4-5-20(8-25(19)36)28-34-32-18(3)41-28)12-17(2)38(16)13-21-14-39(35-33-21)26-10-23(30)22(29)9-24(26)31/h4-10,14,16-17H,11-13,15H2,1-3H3/t16-,17+. The first-order chi connectivity index (χ1) is 19.7. The molecule has 5 aromatic rings. The third-order valence-electron chi connectivity index (χ3n) is 7.43. The van der Waals surface area contributed by atoms with Gasteiger partial charge >= 0.3 is 0 Å². The van der Waals surface area contributed by atoms with Gasteiger partial charge in [0, 0.05) is 55.9 Å². The zero-order valence-electron chi connectivity index (χ0n) is 22.6. The van der Waals surface area contributed by atoms with Gasteiger partial charge < -0.3 is 13.9 Å². The van der Waals surface area contributed by atoms with Gasteiger partial charge in [-0.05, 0) is 49.6 Å². The van der Waals surface area contributed by atoms with E-state index < -0.39 is 0 Å². The van der Waals surface area contributed by atoms with E-state index >= 15 is 0 Å². The molecule has 0 aliphatic carbocycles. The van der Waals surface area contributed by atoms with E-state index in [1.165, 1.54) is 0 Å². The van der Waals surface area contributed by atoms with Crippen molar-refractivity contribution >= 4 is 51.6 Å². The molecule has 1 aliphatic rings. The van der Waals surface area contributed by atoms with Gasteiger partial charge in [0.2, 0.25) is 17.7 Å². The summed E-state index contributed by atoms with van der Waals surface area (Å²) in [6.07, 6.45) is 3.78. The predicted molar refractivity (Wildman–Crippen MR) is 157 cm³/mol. The molecular weight excluding hydrogens is 587 g/mol. The number of fused-ring (bicyclic) bond motifs is 1. The van der Waals surface area contributed by atoms with E-state index in [1.807, 2.05) is 46.1 Å². The number of hydrogen-bond acceptors (Lipinski definition) is 7. The average molecular weight is 614 g/mol. The molecule has 0 radical (unpaired) electrons. The maximum absolute atomic E-state index is 13.5. The second kappa shape index (κ2) is 11.1. The summed E-state index contributed by atoms with van der Waals surface area (Å²) >= 11 is 18.6. The van der Waals surface area contributed by atoms with Crippen LogP contribution >= 0.6 is 34.8 Å². The average Bonchev–Trinajstić information content (AvgIpc) is 3.68. The number of aryl methyl sites for hydroxylation is 1. The molecule has 41 heavy (non-hydrogen) atoms. The van der Waals surface area contributed by atoms with E-state index in [2.05, 4.69) is 39.3 Å². The Morgan fingerprint density at radius 1 is 0.976 bits per heavy atom. The molecule has 0 spiro atoms. The van der Waals surface area contributed by atoms with Crippen LogP contribution in [0.1, 0.15) is 25.4 Å². The summed E-state index contributed by atoms with van der Waals surface area (Å²) in [4.78, 5) is 17.7. The fraction of sp³-hybridized carbons (Fsp3) is 0.321. The van der Waals surface area contributed by atoms with Gasteiger partial charge in [-0.1, -0.05) is 46.1 Å². The molecule has 2 atom stereocenters. The lowest BCUT2D eigenvalue weighted by Gasteiger charge is -2.44. The Bertz CT molecular complexity index is 1730. The lowest BCUT2D eigenvalue weighted by molar-refractivity contribution is -0.136. The number of aromatic nitrogens is 6. The van der Waals surface area contributed by atoms with Gasteiger partial charge in [0.25, 0.3) is 0 Å². The minimum atomic E-state index is 0.0695. The third kappa shape index (κ3) is 5.57. The van der Waals surface area contributed by atoms with Crippen LogP contribution in [0, 0.1) is 6.92 Å². The molecule has 3 aromatic heterocycles. The van der Waals surface area contributed by atoms with Crippen molar-refractivity contribution < 1.29 is 9.21 Å². The molecule has 1 aliphatic heterocycles. The topological polar surface area (TPSA) is 98.1 Å². The number of carbonyl (C=O) groups is 1. The Kier molecular flexibility index (Phi) is 7.50. The van der Waals surface area contributed by atoms with Crippen molar-refractivity contribution in [2.24, 2.45) is 0 Å². The summed E-state index contributed by atoms with van der Waals surface area (Å²) in [7, 11) is 0. The second-order valence-corrected chi connectivity index (χ2v) is 11.6. The molecule has 0 bridgehead atoms. The lowest BCUT2D eigenvalue weighted by atomic mass is 10.1. The van der Waals surface area contributed by atoms with Crippen molar-refractivity contribution in [3.05, 3.63) is 75.4 Å². The number of nitrogens with zero attached hydrogens (tertiary/aromatic N) is 8. The van der Waals surface area contributed by atoms with Crippen LogP contribution < -0.4 is 0 Å². The summed E-state index contributed by atoms with van der Waals surface area (Å²) < 4.78 is 9.16. The van der Waals surface area contributed by atoms with Crippen LogP contribution in [0.4, 0.5) is 0 Å². The number of halogens is 3. The van der Waals surface area contributed by atoms with Crippen molar-refractivity contribution in [1.29, 1.82) is 0 Å². The smallest absolute Gasteiger partial charge is 0.247 e. The molecule has 10 nitrogen and oxygen atoms in total. The molecule has 4 heterocycles. The molecule has 1 fully saturated rings. The quantitative estimate of drug-likeness (QED) is 0.228. The summed E-state index contributed by atoms with van der Waals surface area (Å²) in [6.45, 7) is 8.07. The number of amides is 1. The number of rotatable bonds is 6. The molecule has 0 N–H and O–H groups in total. The highest BCUT2D eigenvalue weighted by Crippen LogP contribution is 2.31. The zero-order valence-corrected chi connectivity index (χ0v) is 24.9. The van der Waals surface area contributed by atoms with Gasteiger partial charge in [0.15, 0.2) is 0 Å². The van der Waals surface area contributed by atoms with Gasteiger partial charge in [-0.25, -0.2) is 4.68 Å². The van der Waals surface area contributed by atoms with Crippen LogP contribution in [-0.4, -0.2) is 70.6 Å². The maximum atomic E-state index is 13.5. The highest BCUT2D eigenvalue weighted by molar-refractivity contribution is 6.43. The molecule has 1 amide bonds. The third-order valence-corrected chi connectivity index (χ3v) is 8.45. The molecule has 0 saturated carbocycles. The molecule has 212 valence electrons. The summed E-state index contributed by atoms with van der Waals surface area (Å²) in [5.74, 6) is 1.04. The minimum Gasteiger partial charge on any atom is -0.421 e. The lowest BCUT2D eigenvalue weighted by Crippen LogP contribution is -2.58. The summed E-state index contributed by atoms with van der Waals surface area (Å²) in [6, 6.07) is 11.4. The Morgan fingerprint density at radius 2 is 1.73 bits per heavy atom. The van der Waals surface area contributed by atoms with Crippen LogP contribution in [0.5, 0.6) is 0 Å². The van der Waals surface area contributed by atoms with E-state index in [9.17, 15) is 4.79 Å². The Hall–Kier alpha value is -3.44. The van der Waals surface area contributed by atoms with Crippen LogP contribution in [0.15, 0.2) is 53.2 Å². The normalized spacial score (nSPS) is 18.0. The van der Waals surface area contributed by atoms with E-state index in [4.69, 9.17) is 39.2 Å². The SMILES string of the molecule is Cc1nnc(-c2ccc3ccn(CC(=O)N4C[C@@H](C)N(Cc5cn(-c6cc(Cl)c(Cl)cc6Cl)nn5)[C@@H](C)C4)c3c2)o1. The number of hydrogen-bond donors (Lipinski definition) is 0.